The average Bonchev–Trinajstić information content (AvgIpc) is 2.70. The summed E-state index contributed by atoms with van der Waals surface area (Å²) in [7, 11) is 0. The monoisotopic (exact) mass is 252 g/mol. The van der Waals surface area contributed by atoms with E-state index in [9.17, 15) is 4.79 Å². The molecule has 2 aliphatic heterocycles. The molecule has 3 nitrogen and oxygen atoms in total. The van der Waals surface area contributed by atoms with Gasteiger partial charge in [0.25, 0.3) is 0 Å². The molecule has 0 aromatic heterocycles. The number of nitrogens with one attached hydrogen (secondary N) is 1. The average molecular weight is 252 g/mol. The molecule has 2 aliphatic rings. The maximum Gasteiger partial charge on any atom is 0.239 e. The van der Waals surface area contributed by atoms with Crippen LogP contribution < -0.4 is 5.32 Å². The normalized spacial score (nSPS) is 30.3. The fraction of sp³-hybridized carbons (Fsp3) is 0.933. The van der Waals surface area contributed by atoms with Gasteiger partial charge in [0, 0.05) is 13.1 Å². The van der Waals surface area contributed by atoms with Crippen molar-refractivity contribution in [2.24, 2.45) is 11.3 Å². The van der Waals surface area contributed by atoms with Crippen molar-refractivity contribution < 1.29 is 4.79 Å². The first-order valence-electron chi connectivity index (χ1n) is 7.50. The van der Waals surface area contributed by atoms with E-state index in [-0.39, 0.29) is 6.04 Å². The number of nitrogens with zero attached hydrogens (tertiary/aromatic N) is 1. The molecular weight excluding hydrogens is 224 g/mol. The van der Waals surface area contributed by atoms with Crippen LogP contribution in [0.15, 0.2) is 0 Å². The molecule has 2 fully saturated rings. The number of amides is 1. The van der Waals surface area contributed by atoms with Gasteiger partial charge in [-0.1, -0.05) is 20.8 Å². The Bertz CT molecular complexity index is 289. The second-order valence-corrected chi connectivity index (χ2v) is 6.97. The highest BCUT2D eigenvalue weighted by molar-refractivity contribution is 5.82. The highest BCUT2D eigenvalue weighted by Crippen LogP contribution is 2.34. The predicted octanol–water partition coefficient (Wildman–Crippen LogP) is 2.41. The lowest BCUT2D eigenvalue weighted by Gasteiger charge is -2.30. The molecule has 0 saturated carbocycles. The van der Waals surface area contributed by atoms with Gasteiger partial charge in [0.1, 0.15) is 0 Å². The molecule has 0 aromatic rings. The molecule has 0 aromatic carbocycles. The van der Waals surface area contributed by atoms with E-state index in [1.54, 1.807) is 0 Å². The maximum absolute atomic E-state index is 12.4. The number of carbonyl (C=O) groups is 1. The quantitative estimate of drug-likeness (QED) is 0.777. The summed E-state index contributed by atoms with van der Waals surface area (Å²) in [5.74, 6) is 1.11. The van der Waals surface area contributed by atoms with Crippen molar-refractivity contribution in [3.05, 3.63) is 0 Å². The zero-order valence-electron chi connectivity index (χ0n) is 12.2. The van der Waals surface area contributed by atoms with E-state index in [1.165, 1.54) is 19.3 Å². The maximum atomic E-state index is 12.4. The van der Waals surface area contributed by atoms with Crippen molar-refractivity contribution in [1.82, 2.24) is 10.2 Å². The van der Waals surface area contributed by atoms with Crippen LogP contribution in [0, 0.1) is 11.3 Å². The Balaban J connectivity index is 1.90. The van der Waals surface area contributed by atoms with Crippen molar-refractivity contribution >= 4 is 5.91 Å². The fourth-order valence-corrected chi connectivity index (χ4v) is 3.30. The number of carbonyl (C=O) groups excluding carboxylic acids is 1. The zero-order chi connectivity index (χ0) is 13.2. The van der Waals surface area contributed by atoms with Gasteiger partial charge in [-0.3, -0.25) is 4.79 Å². The van der Waals surface area contributed by atoms with Crippen LogP contribution in [0.3, 0.4) is 0 Å². The van der Waals surface area contributed by atoms with Crippen LogP contribution in [0.25, 0.3) is 0 Å². The third kappa shape index (κ3) is 3.25. The molecule has 104 valence electrons. The van der Waals surface area contributed by atoms with E-state index in [2.05, 4.69) is 31.0 Å². The lowest BCUT2D eigenvalue weighted by atomic mass is 9.77. The minimum atomic E-state index is 0.108. The Morgan fingerprint density at radius 1 is 1.11 bits per heavy atom. The lowest BCUT2D eigenvalue weighted by Crippen LogP contribution is -2.44. The van der Waals surface area contributed by atoms with E-state index in [1.807, 2.05) is 0 Å². The van der Waals surface area contributed by atoms with Gasteiger partial charge in [0.15, 0.2) is 0 Å². The van der Waals surface area contributed by atoms with E-state index < -0.39 is 0 Å². The number of hydrogen-bond acceptors (Lipinski definition) is 2. The summed E-state index contributed by atoms with van der Waals surface area (Å²) in [5, 5.41) is 3.32. The summed E-state index contributed by atoms with van der Waals surface area (Å²) in [4.78, 5) is 14.5. The molecule has 0 spiro atoms. The Labute approximate surface area is 111 Å². The highest BCUT2D eigenvalue weighted by atomic mass is 16.2. The molecule has 2 rings (SSSR count). The topological polar surface area (TPSA) is 32.3 Å². The number of hydrogen-bond donors (Lipinski definition) is 1. The summed E-state index contributed by atoms with van der Waals surface area (Å²) in [5.41, 5.74) is 0.380. The van der Waals surface area contributed by atoms with Crippen molar-refractivity contribution in [1.29, 1.82) is 0 Å². The summed E-state index contributed by atoms with van der Waals surface area (Å²) < 4.78 is 0. The summed E-state index contributed by atoms with van der Waals surface area (Å²) in [6.07, 6.45) is 5.78. The fourth-order valence-electron chi connectivity index (χ4n) is 3.30. The van der Waals surface area contributed by atoms with E-state index in [0.717, 1.165) is 38.4 Å². The predicted molar refractivity (Wildman–Crippen MR) is 74.4 cm³/mol. The molecule has 2 heterocycles. The van der Waals surface area contributed by atoms with Gasteiger partial charge >= 0.3 is 0 Å². The van der Waals surface area contributed by atoms with Crippen LogP contribution in [0.4, 0.5) is 0 Å². The Morgan fingerprint density at radius 2 is 1.89 bits per heavy atom. The molecule has 2 saturated heterocycles. The third-order valence-corrected chi connectivity index (χ3v) is 4.62. The number of rotatable bonds is 1. The van der Waals surface area contributed by atoms with Crippen LogP contribution in [0.5, 0.6) is 0 Å². The minimum Gasteiger partial charge on any atom is -0.341 e. The van der Waals surface area contributed by atoms with Crippen molar-refractivity contribution in [2.75, 3.05) is 19.6 Å². The molecule has 2 atom stereocenters. The minimum absolute atomic E-state index is 0.108. The standard InChI is InChI=1S/C15H28N2O/c1-15(2,3)12-6-5-10-17(11-8-12)14(18)13-7-4-9-16-13/h12-13,16H,4-11H2,1-3H3/t12?,13-/m1/s1. The Hall–Kier alpha value is -0.570. The van der Waals surface area contributed by atoms with Crippen molar-refractivity contribution in [3.8, 4) is 0 Å². The summed E-state index contributed by atoms with van der Waals surface area (Å²) in [6.45, 7) is 9.91. The SMILES string of the molecule is CC(C)(C)C1CCCN(C(=O)[C@H]2CCCN2)CC1. The molecule has 0 radical (unpaired) electrons. The molecule has 1 amide bonds. The largest absolute Gasteiger partial charge is 0.341 e. The van der Waals surface area contributed by atoms with Gasteiger partial charge in [-0.15, -0.1) is 0 Å². The summed E-state index contributed by atoms with van der Waals surface area (Å²) in [6, 6.07) is 0.108. The van der Waals surface area contributed by atoms with E-state index in [4.69, 9.17) is 0 Å². The molecule has 18 heavy (non-hydrogen) atoms. The first kappa shape index (κ1) is 13.9. The molecule has 0 aliphatic carbocycles. The van der Waals surface area contributed by atoms with Crippen LogP contribution >= 0.6 is 0 Å². The molecule has 3 heteroatoms. The van der Waals surface area contributed by atoms with Gasteiger partial charge in [-0.2, -0.15) is 0 Å². The molecular formula is C15H28N2O. The first-order chi connectivity index (χ1) is 8.48. The van der Waals surface area contributed by atoms with Crippen molar-refractivity contribution in [2.45, 2.75) is 58.9 Å². The Kier molecular flexibility index (Phi) is 4.31. The number of likely N-dealkylation sites (tertiary alicyclic amines) is 1. The Morgan fingerprint density at radius 3 is 2.50 bits per heavy atom. The molecule has 1 unspecified atom stereocenters. The highest BCUT2D eigenvalue weighted by Gasteiger charge is 2.31. The smallest absolute Gasteiger partial charge is 0.239 e. The molecule has 1 N–H and O–H groups in total. The van der Waals surface area contributed by atoms with E-state index >= 15 is 0 Å². The first-order valence-corrected chi connectivity index (χ1v) is 7.50. The van der Waals surface area contributed by atoms with Gasteiger partial charge < -0.3 is 10.2 Å². The van der Waals surface area contributed by atoms with Crippen LogP contribution in [-0.2, 0) is 4.79 Å². The van der Waals surface area contributed by atoms with Crippen LogP contribution in [-0.4, -0.2) is 36.5 Å². The van der Waals surface area contributed by atoms with E-state index in [0.29, 0.717) is 11.3 Å². The van der Waals surface area contributed by atoms with Gasteiger partial charge in [0.05, 0.1) is 6.04 Å². The van der Waals surface area contributed by atoms with Gasteiger partial charge in [-0.25, -0.2) is 0 Å². The zero-order valence-corrected chi connectivity index (χ0v) is 12.2. The second kappa shape index (κ2) is 5.60. The van der Waals surface area contributed by atoms with Crippen LogP contribution in [0.1, 0.15) is 52.9 Å². The van der Waals surface area contributed by atoms with Gasteiger partial charge in [0.2, 0.25) is 5.91 Å². The second-order valence-electron chi connectivity index (χ2n) is 6.97. The lowest BCUT2D eigenvalue weighted by molar-refractivity contribution is -0.133. The van der Waals surface area contributed by atoms with Gasteiger partial charge in [-0.05, 0) is 50.0 Å². The summed E-state index contributed by atoms with van der Waals surface area (Å²) >= 11 is 0. The van der Waals surface area contributed by atoms with Crippen LogP contribution in [0.2, 0.25) is 0 Å². The molecule has 0 bridgehead atoms. The third-order valence-electron chi connectivity index (χ3n) is 4.62. The van der Waals surface area contributed by atoms with Crippen molar-refractivity contribution in [3.63, 3.8) is 0 Å².